The number of carbonyl (C=O) groups excluding carboxylic acids is 1. The lowest BCUT2D eigenvalue weighted by Crippen LogP contribution is -2.09. The molecule has 0 amide bonds. The molecule has 0 saturated carbocycles. The van der Waals surface area contributed by atoms with Gasteiger partial charge >= 0.3 is 5.97 Å². The molecule has 0 spiro atoms. The lowest BCUT2D eigenvalue weighted by molar-refractivity contribution is 0.0461. The van der Waals surface area contributed by atoms with Crippen molar-refractivity contribution in [2.45, 2.75) is 6.61 Å². The van der Waals surface area contributed by atoms with Gasteiger partial charge in [0.15, 0.2) is 0 Å². The fourth-order valence-electron chi connectivity index (χ4n) is 1.82. The molecule has 0 aliphatic heterocycles. The zero-order valence-electron chi connectivity index (χ0n) is 11.2. The van der Waals surface area contributed by atoms with Crippen molar-refractivity contribution in [3.63, 3.8) is 0 Å². The van der Waals surface area contributed by atoms with Crippen LogP contribution in [0.4, 0.5) is 5.69 Å². The van der Waals surface area contributed by atoms with Crippen LogP contribution in [-0.2, 0) is 18.4 Å². The van der Waals surface area contributed by atoms with Gasteiger partial charge in [-0.3, -0.25) is 0 Å². The van der Waals surface area contributed by atoms with E-state index in [1.165, 1.54) is 0 Å². The average molecular weight is 339 g/mol. The molecule has 0 aliphatic carbocycles. The van der Waals surface area contributed by atoms with Crippen molar-refractivity contribution in [3.05, 3.63) is 46.2 Å². The molecule has 20 heavy (non-hydrogen) atoms. The summed E-state index contributed by atoms with van der Waals surface area (Å²) in [5.41, 5.74) is 7.46. The Morgan fingerprint density at radius 1 is 1.40 bits per heavy atom. The number of nitrogen functional groups attached to an aromatic ring is 1. The van der Waals surface area contributed by atoms with E-state index in [0.717, 1.165) is 15.8 Å². The van der Waals surface area contributed by atoms with E-state index in [1.807, 2.05) is 18.2 Å². The molecule has 2 rings (SSSR count). The maximum absolute atomic E-state index is 11.9. The van der Waals surface area contributed by atoms with Gasteiger partial charge in [-0.1, -0.05) is 6.07 Å². The number of benzene rings is 1. The standard InChI is InChI=1S/C14H15BrN2O3/c1-17-7-10(16)6-12(17)14(18)20-8-9-3-4-13(19-2)11(15)5-9/h3-7H,8,16H2,1-2H3. The summed E-state index contributed by atoms with van der Waals surface area (Å²) >= 11 is 3.39. The monoisotopic (exact) mass is 338 g/mol. The number of halogens is 1. The van der Waals surface area contributed by atoms with E-state index in [2.05, 4.69) is 15.9 Å². The molecule has 2 aromatic rings. The predicted molar refractivity (Wildman–Crippen MR) is 79.6 cm³/mol. The van der Waals surface area contributed by atoms with E-state index < -0.39 is 5.97 Å². The molecule has 0 aliphatic rings. The third-order valence-corrected chi connectivity index (χ3v) is 3.44. The number of nitrogens with two attached hydrogens (primary N) is 1. The molecular weight excluding hydrogens is 324 g/mol. The van der Waals surface area contributed by atoms with Gasteiger partial charge in [0, 0.05) is 13.2 Å². The fraction of sp³-hybridized carbons (Fsp3) is 0.214. The first-order valence-electron chi connectivity index (χ1n) is 5.92. The minimum atomic E-state index is -0.406. The van der Waals surface area contributed by atoms with Gasteiger partial charge in [0.2, 0.25) is 0 Å². The number of anilines is 1. The topological polar surface area (TPSA) is 66.5 Å². The maximum Gasteiger partial charge on any atom is 0.355 e. The fourth-order valence-corrected chi connectivity index (χ4v) is 2.40. The normalized spacial score (nSPS) is 10.3. The van der Waals surface area contributed by atoms with Crippen LogP contribution in [0.25, 0.3) is 0 Å². The Kier molecular flexibility index (Phi) is 4.34. The third-order valence-electron chi connectivity index (χ3n) is 2.82. The van der Waals surface area contributed by atoms with Crippen LogP contribution in [0, 0.1) is 0 Å². The molecule has 1 aromatic heterocycles. The highest BCUT2D eigenvalue weighted by Gasteiger charge is 2.12. The van der Waals surface area contributed by atoms with Gasteiger partial charge < -0.3 is 19.8 Å². The van der Waals surface area contributed by atoms with Gasteiger partial charge in [-0.2, -0.15) is 0 Å². The van der Waals surface area contributed by atoms with Crippen molar-refractivity contribution >= 4 is 27.6 Å². The number of methoxy groups -OCH3 is 1. The van der Waals surface area contributed by atoms with Crippen molar-refractivity contribution in [2.24, 2.45) is 7.05 Å². The largest absolute Gasteiger partial charge is 0.496 e. The van der Waals surface area contributed by atoms with Crippen molar-refractivity contribution in [1.29, 1.82) is 0 Å². The summed E-state index contributed by atoms with van der Waals surface area (Å²) in [5, 5.41) is 0. The number of rotatable bonds is 4. The molecule has 0 unspecified atom stereocenters. The molecule has 106 valence electrons. The Balaban J connectivity index is 2.03. The van der Waals surface area contributed by atoms with Gasteiger partial charge in [-0.15, -0.1) is 0 Å². The molecule has 0 fully saturated rings. The number of hydrogen-bond donors (Lipinski definition) is 1. The van der Waals surface area contributed by atoms with E-state index in [-0.39, 0.29) is 6.61 Å². The average Bonchev–Trinajstić information content (AvgIpc) is 2.75. The summed E-state index contributed by atoms with van der Waals surface area (Å²) in [6.07, 6.45) is 1.67. The second kappa shape index (κ2) is 6.00. The molecule has 1 aromatic carbocycles. The van der Waals surface area contributed by atoms with Crippen LogP contribution in [0.3, 0.4) is 0 Å². The van der Waals surface area contributed by atoms with Gasteiger partial charge in [0.25, 0.3) is 0 Å². The first-order valence-corrected chi connectivity index (χ1v) is 6.72. The Morgan fingerprint density at radius 2 is 2.15 bits per heavy atom. The zero-order chi connectivity index (χ0) is 14.7. The van der Waals surface area contributed by atoms with Gasteiger partial charge in [-0.25, -0.2) is 4.79 Å². The van der Waals surface area contributed by atoms with E-state index in [0.29, 0.717) is 11.4 Å². The molecule has 6 heteroatoms. The number of aryl methyl sites for hydroxylation is 1. The van der Waals surface area contributed by atoms with Crippen LogP contribution >= 0.6 is 15.9 Å². The molecule has 0 radical (unpaired) electrons. The van der Waals surface area contributed by atoms with Gasteiger partial charge in [0.05, 0.1) is 17.3 Å². The summed E-state index contributed by atoms with van der Waals surface area (Å²) in [7, 11) is 3.34. The SMILES string of the molecule is COc1ccc(COC(=O)c2cc(N)cn2C)cc1Br. The van der Waals surface area contributed by atoms with Crippen LogP contribution in [0.5, 0.6) is 5.75 Å². The van der Waals surface area contributed by atoms with Crippen molar-refractivity contribution in [3.8, 4) is 5.75 Å². The number of nitrogens with zero attached hydrogens (tertiary/aromatic N) is 1. The second-order valence-corrected chi connectivity index (χ2v) is 5.17. The quantitative estimate of drug-likeness (QED) is 0.870. The lowest BCUT2D eigenvalue weighted by atomic mass is 10.2. The van der Waals surface area contributed by atoms with E-state index in [4.69, 9.17) is 15.2 Å². The molecule has 1 heterocycles. The second-order valence-electron chi connectivity index (χ2n) is 4.31. The van der Waals surface area contributed by atoms with Crippen LogP contribution in [0.1, 0.15) is 16.1 Å². The number of ether oxygens (including phenoxy) is 2. The first-order chi connectivity index (χ1) is 9.51. The van der Waals surface area contributed by atoms with Crippen LogP contribution < -0.4 is 10.5 Å². The molecule has 5 nitrogen and oxygen atoms in total. The predicted octanol–water partition coefficient (Wildman–Crippen LogP) is 2.74. The van der Waals surface area contributed by atoms with Gasteiger partial charge in [-0.05, 0) is 39.7 Å². The van der Waals surface area contributed by atoms with Crippen LogP contribution in [-0.4, -0.2) is 17.6 Å². The highest BCUT2D eigenvalue weighted by atomic mass is 79.9. The molecule has 0 atom stereocenters. The molecule has 2 N–H and O–H groups in total. The Morgan fingerprint density at radius 3 is 2.70 bits per heavy atom. The summed E-state index contributed by atoms with van der Waals surface area (Å²) in [6, 6.07) is 7.10. The number of aromatic nitrogens is 1. The molecular formula is C14H15BrN2O3. The Hall–Kier alpha value is -1.95. The van der Waals surface area contributed by atoms with Crippen molar-refractivity contribution < 1.29 is 14.3 Å². The Bertz CT molecular complexity index is 637. The van der Waals surface area contributed by atoms with E-state index in [9.17, 15) is 4.79 Å². The van der Waals surface area contributed by atoms with E-state index >= 15 is 0 Å². The van der Waals surface area contributed by atoms with Crippen LogP contribution in [0.15, 0.2) is 34.9 Å². The maximum atomic E-state index is 11.9. The summed E-state index contributed by atoms with van der Waals surface area (Å²) < 4.78 is 12.9. The number of esters is 1. The van der Waals surface area contributed by atoms with Crippen LogP contribution in [0.2, 0.25) is 0 Å². The summed E-state index contributed by atoms with van der Waals surface area (Å²) in [5.74, 6) is 0.325. The third kappa shape index (κ3) is 3.14. The number of hydrogen-bond acceptors (Lipinski definition) is 4. The first kappa shape index (κ1) is 14.5. The lowest BCUT2D eigenvalue weighted by Gasteiger charge is -2.08. The summed E-state index contributed by atoms with van der Waals surface area (Å²) in [6.45, 7) is 0.187. The highest BCUT2D eigenvalue weighted by molar-refractivity contribution is 9.10. The molecule has 0 saturated heterocycles. The summed E-state index contributed by atoms with van der Waals surface area (Å²) in [4.78, 5) is 11.9. The smallest absolute Gasteiger partial charge is 0.355 e. The zero-order valence-corrected chi connectivity index (χ0v) is 12.8. The van der Waals surface area contributed by atoms with Crippen molar-refractivity contribution in [2.75, 3.05) is 12.8 Å². The van der Waals surface area contributed by atoms with Crippen molar-refractivity contribution in [1.82, 2.24) is 4.57 Å². The van der Waals surface area contributed by atoms with E-state index in [1.54, 1.807) is 31.0 Å². The highest BCUT2D eigenvalue weighted by Crippen LogP contribution is 2.25. The minimum Gasteiger partial charge on any atom is -0.496 e. The van der Waals surface area contributed by atoms with Gasteiger partial charge in [0.1, 0.15) is 18.1 Å². The number of carbonyl (C=O) groups is 1. The Labute approximate surface area is 125 Å². The minimum absolute atomic E-state index is 0.187. The molecule has 0 bridgehead atoms.